The van der Waals surface area contributed by atoms with Crippen molar-refractivity contribution in [2.24, 2.45) is 0 Å². The van der Waals surface area contributed by atoms with Gasteiger partial charge in [-0.15, -0.1) is 0 Å². The molecule has 1 rings (SSSR count). The topological polar surface area (TPSA) is 72.5 Å². The van der Waals surface area contributed by atoms with Gasteiger partial charge in [0.2, 0.25) is 0 Å². The lowest BCUT2D eigenvalue weighted by Crippen LogP contribution is -2.33. The van der Waals surface area contributed by atoms with Crippen molar-refractivity contribution in [2.45, 2.75) is 17.9 Å². The molecule has 0 fully saturated rings. The Balaban J connectivity index is 2.79. The highest BCUT2D eigenvalue weighted by atomic mass is 35.7. The molecule has 1 aromatic rings. The van der Waals surface area contributed by atoms with Gasteiger partial charge in [-0.3, -0.25) is 4.79 Å². The third kappa shape index (κ3) is 3.90. The van der Waals surface area contributed by atoms with E-state index in [2.05, 4.69) is 5.32 Å². The molecule has 1 amide bonds. The van der Waals surface area contributed by atoms with Gasteiger partial charge in [-0.2, -0.15) is 0 Å². The summed E-state index contributed by atoms with van der Waals surface area (Å²) < 4.78 is 27.2. The highest BCUT2D eigenvalue weighted by molar-refractivity contribution is 8.13. The normalized spacial score (nSPS) is 12.9. The van der Waals surface area contributed by atoms with Crippen LogP contribution in [0.4, 0.5) is 0 Å². The molecular weight excluding hydrogens is 266 g/mol. The summed E-state index contributed by atoms with van der Waals surface area (Å²) in [6.45, 7) is 1.59. The van der Waals surface area contributed by atoms with Crippen molar-refractivity contribution in [1.82, 2.24) is 5.32 Å². The summed E-state index contributed by atoms with van der Waals surface area (Å²) in [4.78, 5) is 11.2. The molecule has 0 bridgehead atoms. The Morgan fingerprint density at radius 3 is 2.29 bits per heavy atom. The smallest absolute Gasteiger partial charge is 0.261 e. The van der Waals surface area contributed by atoms with Crippen LogP contribution in [0.3, 0.4) is 0 Å². The molecule has 0 aliphatic heterocycles. The van der Waals surface area contributed by atoms with Gasteiger partial charge in [-0.05, 0) is 31.2 Å². The van der Waals surface area contributed by atoms with E-state index >= 15 is 0 Å². The lowest BCUT2D eigenvalue weighted by molar-refractivity contribution is -0.126. The molecule has 1 atom stereocenters. The maximum absolute atomic E-state index is 11.2. The molecule has 7 heteroatoms. The average Bonchev–Trinajstić information content (AvgIpc) is 2.27. The van der Waals surface area contributed by atoms with E-state index in [1.54, 1.807) is 6.92 Å². The van der Waals surface area contributed by atoms with E-state index in [0.717, 1.165) is 0 Å². The number of hydrogen-bond donors (Lipinski definition) is 1. The van der Waals surface area contributed by atoms with E-state index in [4.69, 9.17) is 15.4 Å². The second-order valence-corrected chi connectivity index (χ2v) is 5.85. The zero-order valence-electron chi connectivity index (χ0n) is 9.31. The molecule has 1 N–H and O–H groups in total. The van der Waals surface area contributed by atoms with Gasteiger partial charge in [0.1, 0.15) is 5.75 Å². The van der Waals surface area contributed by atoms with E-state index in [9.17, 15) is 13.2 Å². The fourth-order valence-electron chi connectivity index (χ4n) is 1.14. The monoisotopic (exact) mass is 277 g/mol. The molecule has 0 aliphatic rings. The Hall–Kier alpha value is -1.27. The number of hydrogen-bond acceptors (Lipinski definition) is 4. The van der Waals surface area contributed by atoms with Crippen LogP contribution in [0.15, 0.2) is 29.2 Å². The van der Waals surface area contributed by atoms with E-state index in [1.165, 1.54) is 31.3 Å². The number of halogens is 1. The summed E-state index contributed by atoms with van der Waals surface area (Å²) in [6, 6.07) is 5.51. The SMILES string of the molecule is CNC(=O)C(C)Oc1ccc(S(=O)(=O)Cl)cc1. The molecule has 0 saturated carbocycles. The van der Waals surface area contributed by atoms with Crippen molar-refractivity contribution in [3.05, 3.63) is 24.3 Å². The van der Waals surface area contributed by atoms with Gasteiger partial charge < -0.3 is 10.1 Å². The predicted octanol–water partition coefficient (Wildman–Crippen LogP) is 1.13. The van der Waals surface area contributed by atoms with Gasteiger partial charge >= 0.3 is 0 Å². The molecule has 5 nitrogen and oxygen atoms in total. The quantitative estimate of drug-likeness (QED) is 0.838. The van der Waals surface area contributed by atoms with Crippen LogP contribution in [0.5, 0.6) is 5.75 Å². The second kappa shape index (κ2) is 5.37. The van der Waals surface area contributed by atoms with Crippen LogP contribution in [-0.2, 0) is 13.8 Å². The number of benzene rings is 1. The van der Waals surface area contributed by atoms with Crippen LogP contribution in [0, 0.1) is 0 Å². The molecule has 0 spiro atoms. The predicted molar refractivity (Wildman–Crippen MR) is 63.6 cm³/mol. The molecule has 94 valence electrons. The molecule has 0 aromatic heterocycles. The molecule has 1 aromatic carbocycles. The van der Waals surface area contributed by atoms with Crippen molar-refractivity contribution in [3.63, 3.8) is 0 Å². The molecular formula is C10H12ClNO4S. The van der Waals surface area contributed by atoms with Crippen molar-refractivity contribution in [2.75, 3.05) is 7.05 Å². The summed E-state index contributed by atoms with van der Waals surface area (Å²) in [7, 11) is 2.93. The minimum atomic E-state index is -3.73. The summed E-state index contributed by atoms with van der Waals surface area (Å²) >= 11 is 0. The Labute approximate surface area is 104 Å². The van der Waals surface area contributed by atoms with Gasteiger partial charge in [-0.25, -0.2) is 8.42 Å². The number of nitrogens with one attached hydrogen (secondary N) is 1. The number of rotatable bonds is 4. The highest BCUT2D eigenvalue weighted by Crippen LogP contribution is 2.19. The fraction of sp³-hybridized carbons (Fsp3) is 0.300. The first kappa shape index (κ1) is 13.8. The van der Waals surface area contributed by atoms with Gasteiger partial charge in [0.15, 0.2) is 6.10 Å². The second-order valence-electron chi connectivity index (χ2n) is 3.28. The molecule has 0 radical (unpaired) electrons. The highest BCUT2D eigenvalue weighted by Gasteiger charge is 2.14. The van der Waals surface area contributed by atoms with Crippen LogP contribution >= 0.6 is 10.7 Å². The first-order valence-electron chi connectivity index (χ1n) is 4.77. The van der Waals surface area contributed by atoms with Crippen LogP contribution in [0.25, 0.3) is 0 Å². The number of carbonyl (C=O) groups excluding carboxylic acids is 1. The van der Waals surface area contributed by atoms with Crippen molar-refractivity contribution in [1.29, 1.82) is 0 Å². The summed E-state index contributed by atoms with van der Waals surface area (Å²) in [5.74, 6) is 0.129. The molecule has 1 unspecified atom stereocenters. The number of likely N-dealkylation sites (N-methyl/N-ethyl adjacent to an activating group) is 1. The van der Waals surface area contributed by atoms with Crippen molar-refractivity contribution < 1.29 is 17.9 Å². The van der Waals surface area contributed by atoms with Crippen molar-refractivity contribution >= 4 is 25.6 Å². The zero-order chi connectivity index (χ0) is 13.1. The average molecular weight is 278 g/mol. The lowest BCUT2D eigenvalue weighted by Gasteiger charge is -2.12. The maximum atomic E-state index is 11.2. The Bertz CT molecular complexity index is 498. The Morgan fingerprint density at radius 1 is 1.35 bits per heavy atom. The number of ether oxygens (including phenoxy) is 1. The van der Waals surface area contributed by atoms with Crippen molar-refractivity contribution in [3.8, 4) is 5.75 Å². The van der Waals surface area contributed by atoms with E-state index < -0.39 is 15.2 Å². The molecule has 17 heavy (non-hydrogen) atoms. The van der Waals surface area contributed by atoms with Crippen LogP contribution in [-0.4, -0.2) is 27.5 Å². The summed E-state index contributed by atoms with van der Waals surface area (Å²) in [5.41, 5.74) is 0. The third-order valence-corrected chi connectivity index (χ3v) is 3.40. The largest absolute Gasteiger partial charge is 0.481 e. The van der Waals surface area contributed by atoms with Crippen LogP contribution < -0.4 is 10.1 Å². The summed E-state index contributed by atoms with van der Waals surface area (Å²) in [5, 5.41) is 2.44. The van der Waals surface area contributed by atoms with Crippen LogP contribution in [0.1, 0.15) is 6.92 Å². The van der Waals surface area contributed by atoms with Gasteiger partial charge in [0, 0.05) is 17.7 Å². The maximum Gasteiger partial charge on any atom is 0.261 e. The van der Waals surface area contributed by atoms with Gasteiger partial charge in [0.25, 0.3) is 15.0 Å². The number of carbonyl (C=O) groups is 1. The van der Waals surface area contributed by atoms with E-state index in [1.807, 2.05) is 0 Å². The van der Waals surface area contributed by atoms with Gasteiger partial charge in [0.05, 0.1) is 4.90 Å². The fourth-order valence-corrected chi connectivity index (χ4v) is 1.91. The first-order chi connectivity index (χ1) is 7.84. The van der Waals surface area contributed by atoms with Crippen LogP contribution in [0.2, 0.25) is 0 Å². The molecule has 0 heterocycles. The minimum absolute atomic E-state index is 0.0147. The van der Waals surface area contributed by atoms with E-state index in [-0.39, 0.29) is 10.8 Å². The first-order valence-corrected chi connectivity index (χ1v) is 7.08. The molecule has 0 saturated heterocycles. The third-order valence-electron chi connectivity index (χ3n) is 2.03. The van der Waals surface area contributed by atoms with E-state index in [0.29, 0.717) is 5.75 Å². The number of amides is 1. The Morgan fingerprint density at radius 2 is 1.88 bits per heavy atom. The molecule has 0 aliphatic carbocycles. The standard InChI is InChI=1S/C10H12ClNO4S/c1-7(10(13)12-2)16-8-3-5-9(6-4-8)17(11,14)15/h3-7H,1-2H3,(H,12,13). The van der Waals surface area contributed by atoms with Gasteiger partial charge in [-0.1, -0.05) is 0 Å². The minimum Gasteiger partial charge on any atom is -0.481 e. The zero-order valence-corrected chi connectivity index (χ0v) is 10.9. The Kier molecular flexibility index (Phi) is 4.36. The summed E-state index contributed by atoms with van der Waals surface area (Å²) in [6.07, 6.45) is -0.654. The lowest BCUT2D eigenvalue weighted by atomic mass is 10.3.